The number of H-pyrrole nitrogens is 2. The summed E-state index contributed by atoms with van der Waals surface area (Å²) in [6.45, 7) is 1.20. The lowest BCUT2D eigenvalue weighted by Crippen LogP contribution is -2.32. The SMILES string of the molecule is CN(C)CCCN1C(=O)C(=O)/C(=C(/O)c2c[nH]c3ccccc23)C1c1c[nH]c2ccccc12. The molecule has 0 spiro atoms. The number of hydrogen-bond donors (Lipinski definition) is 3. The van der Waals surface area contributed by atoms with Crippen molar-refractivity contribution >= 4 is 39.3 Å². The Morgan fingerprint density at radius 3 is 2.33 bits per heavy atom. The average molecular weight is 443 g/mol. The van der Waals surface area contributed by atoms with E-state index in [-0.39, 0.29) is 11.3 Å². The van der Waals surface area contributed by atoms with Crippen molar-refractivity contribution in [1.29, 1.82) is 0 Å². The summed E-state index contributed by atoms with van der Waals surface area (Å²) < 4.78 is 0. The molecule has 0 aliphatic carbocycles. The third-order valence-electron chi connectivity index (χ3n) is 6.30. The van der Waals surface area contributed by atoms with Crippen LogP contribution in [0.2, 0.25) is 0 Å². The number of hydrogen-bond acceptors (Lipinski definition) is 4. The van der Waals surface area contributed by atoms with E-state index in [0.29, 0.717) is 18.5 Å². The summed E-state index contributed by atoms with van der Waals surface area (Å²) in [6.07, 6.45) is 4.24. The van der Waals surface area contributed by atoms with Crippen LogP contribution in [0, 0.1) is 0 Å². The predicted molar refractivity (Wildman–Crippen MR) is 129 cm³/mol. The van der Waals surface area contributed by atoms with Crippen molar-refractivity contribution in [2.75, 3.05) is 27.2 Å². The number of nitrogens with zero attached hydrogens (tertiary/aromatic N) is 2. The van der Waals surface area contributed by atoms with E-state index >= 15 is 0 Å². The molecule has 1 saturated heterocycles. The van der Waals surface area contributed by atoms with Gasteiger partial charge in [0.15, 0.2) is 0 Å². The van der Waals surface area contributed by atoms with Gasteiger partial charge in [-0.25, -0.2) is 0 Å². The molecule has 2 aromatic carbocycles. The first-order chi connectivity index (χ1) is 16.0. The Hall–Kier alpha value is -3.84. The Bertz CT molecular complexity index is 1390. The molecule has 1 amide bonds. The molecule has 2 aromatic heterocycles. The number of Topliss-reactive ketones (excluding diaryl/α,β-unsaturated/α-hetero) is 1. The molecule has 0 bridgehead atoms. The van der Waals surface area contributed by atoms with Crippen LogP contribution in [0.1, 0.15) is 23.6 Å². The van der Waals surface area contributed by atoms with Gasteiger partial charge in [0, 0.05) is 51.9 Å². The minimum absolute atomic E-state index is 0.124. The number of amides is 1. The predicted octanol–water partition coefficient (Wildman–Crippen LogP) is 4.02. The van der Waals surface area contributed by atoms with Crippen molar-refractivity contribution in [1.82, 2.24) is 19.8 Å². The van der Waals surface area contributed by atoms with E-state index in [2.05, 4.69) is 9.97 Å². The molecule has 3 N–H and O–H groups in total. The van der Waals surface area contributed by atoms with Gasteiger partial charge in [0.05, 0.1) is 11.6 Å². The number of carbonyl (C=O) groups excluding carboxylic acids is 2. The molecule has 0 radical (unpaired) electrons. The number of ketones is 1. The van der Waals surface area contributed by atoms with Gasteiger partial charge in [-0.3, -0.25) is 9.59 Å². The zero-order valence-electron chi connectivity index (χ0n) is 18.6. The van der Waals surface area contributed by atoms with Gasteiger partial charge in [-0.1, -0.05) is 36.4 Å². The third kappa shape index (κ3) is 3.50. The van der Waals surface area contributed by atoms with Crippen molar-refractivity contribution in [2.24, 2.45) is 0 Å². The summed E-state index contributed by atoms with van der Waals surface area (Å²) in [7, 11) is 3.95. The number of aromatic nitrogens is 2. The van der Waals surface area contributed by atoms with Crippen LogP contribution in [0.3, 0.4) is 0 Å². The van der Waals surface area contributed by atoms with E-state index < -0.39 is 17.7 Å². The first-order valence-electron chi connectivity index (χ1n) is 11.0. The number of likely N-dealkylation sites (tertiary alicyclic amines) is 1. The number of aromatic amines is 2. The lowest BCUT2D eigenvalue weighted by molar-refractivity contribution is -0.139. The standard InChI is InChI=1S/C26H26N4O3/c1-29(2)12-7-13-30-23(18-14-27-20-10-5-3-8-16(18)20)22(25(32)26(30)33)24(31)19-15-28-21-11-6-4-9-17(19)21/h3-6,8-11,14-15,23,27-28,31H,7,12-13H2,1-2H3/b24-22+. The van der Waals surface area contributed by atoms with Crippen molar-refractivity contribution in [3.05, 3.63) is 77.6 Å². The number of fused-ring (bicyclic) bond motifs is 2. The third-order valence-corrected chi connectivity index (χ3v) is 6.30. The monoisotopic (exact) mass is 442 g/mol. The van der Waals surface area contributed by atoms with Gasteiger partial charge in [0.1, 0.15) is 5.76 Å². The Morgan fingerprint density at radius 2 is 1.61 bits per heavy atom. The first kappa shape index (κ1) is 21.0. The first-order valence-corrected chi connectivity index (χ1v) is 11.0. The molecule has 7 heteroatoms. The summed E-state index contributed by atoms with van der Waals surface area (Å²) in [5.74, 6) is -1.39. The second kappa shape index (κ2) is 8.26. The lowest BCUT2D eigenvalue weighted by atomic mass is 9.94. The highest BCUT2D eigenvalue weighted by Crippen LogP contribution is 2.42. The van der Waals surface area contributed by atoms with Gasteiger partial charge in [0.25, 0.3) is 11.7 Å². The summed E-state index contributed by atoms with van der Waals surface area (Å²) in [5, 5.41) is 13.1. The highest BCUT2D eigenvalue weighted by Gasteiger charge is 2.46. The fraction of sp³-hybridized carbons (Fsp3) is 0.231. The van der Waals surface area contributed by atoms with Gasteiger partial charge in [-0.15, -0.1) is 0 Å². The molecule has 1 atom stereocenters. The minimum Gasteiger partial charge on any atom is -0.507 e. The van der Waals surface area contributed by atoms with E-state index in [1.165, 1.54) is 0 Å². The maximum absolute atomic E-state index is 13.3. The second-order valence-electron chi connectivity index (χ2n) is 8.69. The molecule has 1 fully saturated rings. The van der Waals surface area contributed by atoms with Crippen LogP contribution in [0.25, 0.3) is 27.6 Å². The molecule has 0 saturated carbocycles. The van der Waals surface area contributed by atoms with Crippen LogP contribution in [-0.2, 0) is 9.59 Å². The Labute approximate surface area is 191 Å². The number of carbonyl (C=O) groups is 2. The Kier molecular flexibility index (Phi) is 5.26. The van der Waals surface area contributed by atoms with Gasteiger partial charge < -0.3 is 24.9 Å². The molecule has 4 aromatic rings. The van der Waals surface area contributed by atoms with Crippen molar-refractivity contribution < 1.29 is 14.7 Å². The molecule has 3 heterocycles. The van der Waals surface area contributed by atoms with Crippen LogP contribution in [0.4, 0.5) is 0 Å². The summed E-state index contributed by atoms with van der Waals surface area (Å²) in [6, 6.07) is 14.7. The topological polar surface area (TPSA) is 92.4 Å². The summed E-state index contributed by atoms with van der Waals surface area (Å²) in [5.41, 5.74) is 3.21. The fourth-order valence-corrected chi connectivity index (χ4v) is 4.72. The van der Waals surface area contributed by atoms with Crippen LogP contribution in [-0.4, -0.2) is 63.7 Å². The highest BCUT2D eigenvalue weighted by molar-refractivity contribution is 6.46. The molecule has 7 nitrogen and oxygen atoms in total. The smallest absolute Gasteiger partial charge is 0.295 e. The van der Waals surface area contributed by atoms with Gasteiger partial charge in [0.2, 0.25) is 0 Å². The van der Waals surface area contributed by atoms with E-state index in [4.69, 9.17) is 0 Å². The maximum Gasteiger partial charge on any atom is 0.295 e. The number of benzene rings is 2. The molecular formula is C26H26N4O3. The minimum atomic E-state index is -0.669. The van der Waals surface area contributed by atoms with E-state index in [0.717, 1.165) is 33.9 Å². The van der Waals surface area contributed by atoms with Gasteiger partial charge >= 0.3 is 0 Å². The molecule has 1 unspecified atom stereocenters. The maximum atomic E-state index is 13.3. The highest BCUT2D eigenvalue weighted by atomic mass is 16.3. The Morgan fingerprint density at radius 1 is 0.970 bits per heavy atom. The molecule has 168 valence electrons. The summed E-state index contributed by atoms with van der Waals surface area (Å²) >= 11 is 0. The largest absolute Gasteiger partial charge is 0.507 e. The van der Waals surface area contributed by atoms with E-state index in [1.807, 2.05) is 73.7 Å². The number of aliphatic hydroxyl groups excluding tert-OH is 1. The number of aliphatic hydroxyl groups is 1. The summed E-state index contributed by atoms with van der Waals surface area (Å²) in [4.78, 5) is 36.5. The van der Waals surface area contributed by atoms with Gasteiger partial charge in [-0.05, 0) is 39.2 Å². The lowest BCUT2D eigenvalue weighted by Gasteiger charge is -2.25. The molecule has 33 heavy (non-hydrogen) atoms. The number of nitrogens with one attached hydrogen (secondary N) is 2. The number of rotatable bonds is 6. The van der Waals surface area contributed by atoms with Crippen LogP contribution >= 0.6 is 0 Å². The Balaban J connectivity index is 1.68. The van der Waals surface area contributed by atoms with Gasteiger partial charge in [-0.2, -0.15) is 0 Å². The van der Waals surface area contributed by atoms with E-state index in [1.54, 1.807) is 11.1 Å². The zero-order chi connectivity index (χ0) is 23.1. The van der Waals surface area contributed by atoms with Crippen LogP contribution < -0.4 is 0 Å². The van der Waals surface area contributed by atoms with Crippen molar-refractivity contribution in [3.8, 4) is 0 Å². The molecule has 1 aliphatic heterocycles. The van der Waals surface area contributed by atoms with E-state index in [9.17, 15) is 14.7 Å². The molecule has 5 rings (SSSR count). The van der Waals surface area contributed by atoms with Crippen LogP contribution in [0.15, 0.2) is 66.5 Å². The molecular weight excluding hydrogens is 416 g/mol. The van der Waals surface area contributed by atoms with Crippen molar-refractivity contribution in [3.63, 3.8) is 0 Å². The van der Waals surface area contributed by atoms with Crippen LogP contribution in [0.5, 0.6) is 0 Å². The normalized spacial score (nSPS) is 18.3. The fourth-order valence-electron chi connectivity index (χ4n) is 4.72. The average Bonchev–Trinajstić information content (AvgIpc) is 3.49. The quantitative estimate of drug-likeness (QED) is 0.239. The number of para-hydroxylation sites is 2. The second-order valence-corrected chi connectivity index (χ2v) is 8.69. The van der Waals surface area contributed by atoms with Crippen molar-refractivity contribution in [2.45, 2.75) is 12.5 Å². The molecule has 1 aliphatic rings. The zero-order valence-corrected chi connectivity index (χ0v) is 18.6.